The van der Waals surface area contributed by atoms with Crippen molar-refractivity contribution >= 4 is 5.97 Å². The zero-order valence-electron chi connectivity index (χ0n) is 18.6. The maximum Gasteiger partial charge on any atom is 0.340 e. The minimum absolute atomic E-state index is 0.148. The van der Waals surface area contributed by atoms with Crippen LogP contribution in [0.1, 0.15) is 119 Å². The highest BCUT2D eigenvalue weighted by Gasteiger charge is 2.45. The van der Waals surface area contributed by atoms with Crippen LogP contribution in [0.4, 0.5) is 0 Å². The summed E-state index contributed by atoms with van der Waals surface area (Å²) in [6, 6.07) is 0. The Morgan fingerprint density at radius 3 is 2.30 bits per heavy atom. The number of carbonyl (C=O) groups is 1. The van der Waals surface area contributed by atoms with E-state index in [-0.39, 0.29) is 17.3 Å². The number of ether oxygens (including phenoxy) is 1. The smallest absolute Gasteiger partial charge is 0.340 e. The summed E-state index contributed by atoms with van der Waals surface area (Å²) < 4.78 is 5.24. The predicted octanol–water partition coefficient (Wildman–Crippen LogP) is 5.89. The van der Waals surface area contributed by atoms with Crippen LogP contribution in [-0.2, 0) is 11.2 Å². The molecule has 0 radical (unpaired) electrons. The third kappa shape index (κ3) is 4.71. The number of aromatic nitrogens is 1. The molecule has 1 saturated carbocycles. The highest BCUT2D eigenvalue weighted by Crippen LogP contribution is 2.53. The summed E-state index contributed by atoms with van der Waals surface area (Å²) in [5, 5.41) is 10.7. The van der Waals surface area contributed by atoms with Crippen LogP contribution in [0.2, 0.25) is 0 Å². The fourth-order valence-corrected chi connectivity index (χ4v) is 4.26. The fourth-order valence-electron chi connectivity index (χ4n) is 4.26. The van der Waals surface area contributed by atoms with E-state index in [1.165, 1.54) is 19.3 Å². The van der Waals surface area contributed by atoms with E-state index in [0.717, 1.165) is 35.4 Å². The zero-order chi connectivity index (χ0) is 20.8. The highest BCUT2D eigenvalue weighted by atomic mass is 16.5. The predicted molar refractivity (Wildman–Crippen MR) is 111 cm³/mol. The largest absolute Gasteiger partial charge is 0.462 e. The van der Waals surface area contributed by atoms with Gasteiger partial charge in [-0.15, -0.1) is 0 Å². The molecule has 1 spiro atoms. The number of rotatable bonds is 3. The van der Waals surface area contributed by atoms with E-state index in [4.69, 9.17) is 9.72 Å². The van der Waals surface area contributed by atoms with Gasteiger partial charge >= 0.3 is 5.97 Å². The molecule has 0 saturated heterocycles. The van der Waals surface area contributed by atoms with Crippen LogP contribution < -0.4 is 0 Å². The Hall–Kier alpha value is -1.42. The van der Waals surface area contributed by atoms with Crippen molar-refractivity contribution in [3.63, 3.8) is 0 Å². The molecule has 4 heteroatoms. The summed E-state index contributed by atoms with van der Waals surface area (Å²) in [6.07, 6.45) is 4.83. The molecule has 1 fully saturated rings. The van der Waals surface area contributed by atoms with Crippen LogP contribution in [0, 0.1) is 12.3 Å². The molecule has 0 amide bonds. The summed E-state index contributed by atoms with van der Waals surface area (Å²) in [4.78, 5) is 17.3. The zero-order valence-corrected chi connectivity index (χ0v) is 18.6. The summed E-state index contributed by atoms with van der Waals surface area (Å²) in [5.74, 6) is -0.171. The second-order valence-electron chi connectivity index (χ2n) is 7.48. The molecule has 2 aliphatic rings. The van der Waals surface area contributed by atoms with Gasteiger partial charge in [0.2, 0.25) is 0 Å². The maximum absolute atomic E-state index is 12.4. The lowest BCUT2D eigenvalue weighted by Gasteiger charge is -2.47. The highest BCUT2D eigenvalue weighted by molar-refractivity contribution is 5.93. The first-order chi connectivity index (χ1) is 12.9. The number of pyridine rings is 1. The van der Waals surface area contributed by atoms with E-state index in [1.807, 2.05) is 41.5 Å². The second-order valence-corrected chi connectivity index (χ2v) is 7.48. The average Bonchev–Trinajstić information content (AvgIpc) is 2.63. The molecule has 1 N–H and O–H groups in total. The van der Waals surface area contributed by atoms with Gasteiger partial charge in [-0.2, -0.15) is 0 Å². The van der Waals surface area contributed by atoms with Gasteiger partial charge in [0.05, 0.1) is 24.0 Å². The lowest BCUT2D eigenvalue weighted by molar-refractivity contribution is 0.0238. The Labute approximate surface area is 165 Å². The number of esters is 1. The summed E-state index contributed by atoms with van der Waals surface area (Å²) in [6.45, 7) is 16.2. The Balaban J connectivity index is 0.000000855. The first-order valence-corrected chi connectivity index (χ1v) is 10.8. The van der Waals surface area contributed by atoms with Crippen molar-refractivity contribution in [1.29, 1.82) is 0 Å². The monoisotopic (exact) mass is 377 g/mol. The minimum Gasteiger partial charge on any atom is -0.462 e. The molecule has 27 heavy (non-hydrogen) atoms. The first kappa shape index (κ1) is 23.6. The van der Waals surface area contributed by atoms with Crippen LogP contribution in [0.15, 0.2) is 0 Å². The summed E-state index contributed by atoms with van der Waals surface area (Å²) in [7, 11) is 0. The first-order valence-electron chi connectivity index (χ1n) is 10.8. The second kappa shape index (κ2) is 10.2. The number of hydrogen-bond donors (Lipinski definition) is 1. The van der Waals surface area contributed by atoms with Gasteiger partial charge in [0.1, 0.15) is 0 Å². The Bertz CT molecular complexity index is 633. The number of aliphatic hydroxyl groups is 1. The number of aliphatic hydroxyl groups excluding tert-OH is 1. The van der Waals surface area contributed by atoms with Gasteiger partial charge in [-0.3, -0.25) is 4.98 Å². The molecule has 4 nitrogen and oxygen atoms in total. The summed E-state index contributed by atoms with van der Waals surface area (Å²) >= 11 is 0. The standard InChI is InChI=1S/C19H27NO3.2C2H6/c1-5-23-18(22)16-12(4)15-13(20-17(16)11(2)3)9-19(7-6-8-19)10-14(15)21;2*1-2/h11,14,21H,5-10H2,1-4H3;2*1-2H3. The molecule has 3 rings (SSSR count). The number of hydrogen-bond acceptors (Lipinski definition) is 4. The van der Waals surface area contributed by atoms with Crippen molar-refractivity contribution in [2.24, 2.45) is 5.41 Å². The molecule has 0 bridgehead atoms. The number of nitrogens with zero attached hydrogens (tertiary/aromatic N) is 1. The average molecular weight is 378 g/mol. The fraction of sp³-hybridized carbons (Fsp3) is 0.739. The molecule has 1 heterocycles. The number of carbonyl (C=O) groups excluding carboxylic acids is 1. The van der Waals surface area contributed by atoms with Gasteiger partial charge in [0.15, 0.2) is 0 Å². The molecule has 1 aromatic heterocycles. The van der Waals surface area contributed by atoms with Crippen molar-refractivity contribution in [1.82, 2.24) is 4.98 Å². The van der Waals surface area contributed by atoms with Crippen LogP contribution in [0.3, 0.4) is 0 Å². The molecule has 154 valence electrons. The van der Waals surface area contributed by atoms with E-state index < -0.39 is 6.10 Å². The molecule has 1 aromatic rings. The molecule has 0 aromatic carbocycles. The van der Waals surface area contributed by atoms with Crippen molar-refractivity contribution in [2.75, 3.05) is 6.61 Å². The van der Waals surface area contributed by atoms with Crippen LogP contribution in [0.5, 0.6) is 0 Å². The molecule has 1 atom stereocenters. The van der Waals surface area contributed by atoms with Crippen LogP contribution in [0.25, 0.3) is 0 Å². The van der Waals surface area contributed by atoms with Crippen LogP contribution in [-0.4, -0.2) is 22.7 Å². The van der Waals surface area contributed by atoms with E-state index in [0.29, 0.717) is 12.2 Å². The molecular weight excluding hydrogens is 338 g/mol. The van der Waals surface area contributed by atoms with E-state index in [1.54, 1.807) is 0 Å². The Morgan fingerprint density at radius 2 is 1.85 bits per heavy atom. The van der Waals surface area contributed by atoms with E-state index >= 15 is 0 Å². The minimum atomic E-state index is -0.513. The van der Waals surface area contributed by atoms with Crippen molar-refractivity contribution in [3.8, 4) is 0 Å². The lowest BCUT2D eigenvalue weighted by Crippen LogP contribution is -2.38. The van der Waals surface area contributed by atoms with Crippen molar-refractivity contribution in [2.45, 2.75) is 99.5 Å². The molecule has 1 unspecified atom stereocenters. The molecular formula is C23H39NO3. The topological polar surface area (TPSA) is 59.4 Å². The third-order valence-electron chi connectivity index (χ3n) is 5.54. The normalized spacial score (nSPS) is 19.1. The van der Waals surface area contributed by atoms with Gasteiger partial charge in [0.25, 0.3) is 0 Å². The Morgan fingerprint density at radius 1 is 1.26 bits per heavy atom. The van der Waals surface area contributed by atoms with Gasteiger partial charge in [-0.25, -0.2) is 4.79 Å². The van der Waals surface area contributed by atoms with Gasteiger partial charge in [-0.05, 0) is 56.4 Å². The van der Waals surface area contributed by atoms with E-state index in [9.17, 15) is 9.90 Å². The summed E-state index contributed by atoms with van der Waals surface area (Å²) in [5.41, 5.74) is 4.34. The molecule has 2 aliphatic carbocycles. The van der Waals surface area contributed by atoms with Crippen LogP contribution >= 0.6 is 0 Å². The van der Waals surface area contributed by atoms with Gasteiger partial charge in [0, 0.05) is 11.3 Å². The van der Waals surface area contributed by atoms with Crippen molar-refractivity contribution < 1.29 is 14.6 Å². The number of fused-ring (bicyclic) bond motifs is 1. The molecule has 0 aliphatic heterocycles. The van der Waals surface area contributed by atoms with Gasteiger partial charge < -0.3 is 9.84 Å². The lowest BCUT2D eigenvalue weighted by atomic mass is 9.59. The maximum atomic E-state index is 12.4. The quantitative estimate of drug-likeness (QED) is 0.667. The SMILES string of the molecule is CC.CC.CCOC(=O)c1c(C(C)C)nc2c(c1C)C(O)CC1(CCC1)C2. The third-order valence-corrected chi connectivity index (χ3v) is 5.54. The Kier molecular flexibility index (Phi) is 8.93. The van der Waals surface area contributed by atoms with Gasteiger partial charge in [-0.1, -0.05) is 48.0 Å². The van der Waals surface area contributed by atoms with E-state index in [2.05, 4.69) is 13.8 Å². The van der Waals surface area contributed by atoms with Crippen molar-refractivity contribution in [3.05, 3.63) is 28.1 Å².